The Morgan fingerprint density at radius 2 is 1.82 bits per heavy atom. The van der Waals surface area contributed by atoms with Crippen LogP contribution in [-0.2, 0) is 6.61 Å². The van der Waals surface area contributed by atoms with Gasteiger partial charge in [-0.2, -0.15) is 0 Å². The summed E-state index contributed by atoms with van der Waals surface area (Å²) in [5.41, 5.74) is 2.95. The van der Waals surface area contributed by atoms with Gasteiger partial charge in [-0.1, -0.05) is 52.3 Å². The Kier molecular flexibility index (Phi) is 4.45. The van der Waals surface area contributed by atoms with Crippen LogP contribution < -0.4 is 10.1 Å². The van der Waals surface area contributed by atoms with Crippen LogP contribution >= 0.6 is 15.9 Å². The molecule has 2 aromatic rings. The molecule has 2 nitrogen and oxygen atoms in total. The van der Waals surface area contributed by atoms with E-state index in [0.717, 1.165) is 16.9 Å². The van der Waals surface area contributed by atoms with Crippen LogP contribution in [0, 0.1) is 0 Å². The van der Waals surface area contributed by atoms with E-state index in [1.54, 1.807) is 0 Å². The molecule has 3 heteroatoms. The second kappa shape index (κ2) is 6.30. The molecule has 0 aromatic heterocycles. The SMILES string of the molecule is BrCNc1cccc(OCc2ccccc2)c1. The van der Waals surface area contributed by atoms with E-state index in [4.69, 9.17) is 4.74 Å². The number of anilines is 1. The maximum absolute atomic E-state index is 5.72. The first-order chi connectivity index (χ1) is 8.38. The van der Waals surface area contributed by atoms with Crippen LogP contribution in [0.1, 0.15) is 5.56 Å². The van der Waals surface area contributed by atoms with Gasteiger partial charge < -0.3 is 10.1 Å². The number of rotatable bonds is 5. The van der Waals surface area contributed by atoms with Gasteiger partial charge in [0, 0.05) is 11.8 Å². The van der Waals surface area contributed by atoms with E-state index < -0.39 is 0 Å². The topological polar surface area (TPSA) is 21.3 Å². The highest BCUT2D eigenvalue weighted by atomic mass is 79.9. The van der Waals surface area contributed by atoms with Crippen molar-refractivity contribution < 1.29 is 4.74 Å². The summed E-state index contributed by atoms with van der Waals surface area (Å²) in [6, 6.07) is 18.1. The molecular formula is C14H14BrNO. The minimum atomic E-state index is 0.596. The van der Waals surface area contributed by atoms with Gasteiger partial charge in [0.05, 0.1) is 5.45 Å². The monoisotopic (exact) mass is 291 g/mol. The summed E-state index contributed by atoms with van der Waals surface area (Å²) in [7, 11) is 0. The number of nitrogens with one attached hydrogen (secondary N) is 1. The molecule has 0 aliphatic rings. The zero-order valence-electron chi connectivity index (χ0n) is 9.40. The molecule has 0 aliphatic heterocycles. The van der Waals surface area contributed by atoms with Gasteiger partial charge in [0.15, 0.2) is 0 Å². The van der Waals surface area contributed by atoms with Crippen molar-refractivity contribution in [2.75, 3.05) is 10.8 Å². The minimum Gasteiger partial charge on any atom is -0.489 e. The average Bonchev–Trinajstić information content (AvgIpc) is 2.39. The maximum atomic E-state index is 5.72. The lowest BCUT2D eigenvalue weighted by Gasteiger charge is -2.08. The van der Waals surface area contributed by atoms with Crippen molar-refractivity contribution in [1.82, 2.24) is 0 Å². The van der Waals surface area contributed by atoms with E-state index in [9.17, 15) is 0 Å². The molecule has 0 saturated carbocycles. The van der Waals surface area contributed by atoms with Crippen LogP contribution in [0.4, 0.5) is 5.69 Å². The lowest BCUT2D eigenvalue weighted by molar-refractivity contribution is 0.306. The molecule has 2 rings (SSSR count). The van der Waals surface area contributed by atoms with Crippen LogP contribution in [0.15, 0.2) is 54.6 Å². The first kappa shape index (κ1) is 12.0. The Morgan fingerprint density at radius 1 is 1.00 bits per heavy atom. The molecule has 17 heavy (non-hydrogen) atoms. The molecule has 0 spiro atoms. The molecule has 0 unspecified atom stereocenters. The van der Waals surface area contributed by atoms with Gasteiger partial charge in [-0.15, -0.1) is 0 Å². The van der Waals surface area contributed by atoms with Crippen LogP contribution in [0.25, 0.3) is 0 Å². The summed E-state index contributed by atoms with van der Waals surface area (Å²) < 4.78 is 5.72. The third-order valence-electron chi connectivity index (χ3n) is 2.35. The summed E-state index contributed by atoms with van der Waals surface area (Å²) in [6.45, 7) is 0.596. The summed E-state index contributed by atoms with van der Waals surface area (Å²) >= 11 is 3.33. The van der Waals surface area contributed by atoms with Gasteiger partial charge in [0.25, 0.3) is 0 Å². The smallest absolute Gasteiger partial charge is 0.121 e. The fourth-order valence-corrected chi connectivity index (χ4v) is 1.84. The van der Waals surface area contributed by atoms with Crippen LogP contribution in [0.3, 0.4) is 0 Å². The van der Waals surface area contributed by atoms with E-state index in [2.05, 4.69) is 33.4 Å². The minimum absolute atomic E-state index is 0.596. The van der Waals surface area contributed by atoms with Gasteiger partial charge in [0.1, 0.15) is 12.4 Å². The van der Waals surface area contributed by atoms with Gasteiger partial charge in [-0.25, -0.2) is 0 Å². The number of hydrogen-bond acceptors (Lipinski definition) is 2. The van der Waals surface area contributed by atoms with Crippen molar-refractivity contribution in [3.63, 3.8) is 0 Å². The predicted molar refractivity (Wildman–Crippen MR) is 74.6 cm³/mol. The summed E-state index contributed by atoms with van der Waals surface area (Å²) in [5, 5.41) is 3.18. The van der Waals surface area contributed by atoms with E-state index in [1.165, 1.54) is 5.56 Å². The standard InChI is InChI=1S/C14H14BrNO/c15-11-16-13-7-4-8-14(9-13)17-10-12-5-2-1-3-6-12/h1-9,16H,10-11H2. The van der Waals surface area contributed by atoms with Gasteiger partial charge >= 0.3 is 0 Å². The van der Waals surface area contributed by atoms with Crippen molar-refractivity contribution in [2.45, 2.75) is 6.61 Å². The van der Waals surface area contributed by atoms with Crippen molar-refractivity contribution in [1.29, 1.82) is 0 Å². The van der Waals surface area contributed by atoms with E-state index >= 15 is 0 Å². The Morgan fingerprint density at radius 3 is 2.59 bits per heavy atom. The maximum Gasteiger partial charge on any atom is 0.121 e. The van der Waals surface area contributed by atoms with Crippen molar-refractivity contribution in [3.8, 4) is 5.75 Å². The molecule has 0 heterocycles. The predicted octanol–water partition coefficient (Wildman–Crippen LogP) is 4.03. The molecule has 88 valence electrons. The van der Waals surface area contributed by atoms with E-state index in [0.29, 0.717) is 6.61 Å². The number of hydrogen-bond donors (Lipinski definition) is 1. The van der Waals surface area contributed by atoms with Gasteiger partial charge in [-0.3, -0.25) is 0 Å². The fraction of sp³-hybridized carbons (Fsp3) is 0.143. The Hall–Kier alpha value is -1.48. The van der Waals surface area contributed by atoms with Crippen LogP contribution in [0.5, 0.6) is 5.75 Å². The largest absolute Gasteiger partial charge is 0.489 e. The molecule has 0 atom stereocenters. The van der Waals surface area contributed by atoms with Crippen molar-refractivity contribution in [2.24, 2.45) is 0 Å². The third kappa shape index (κ3) is 3.79. The van der Waals surface area contributed by atoms with Crippen molar-refractivity contribution in [3.05, 3.63) is 60.2 Å². The number of halogens is 1. The zero-order chi connectivity index (χ0) is 11.9. The van der Waals surface area contributed by atoms with E-state index in [1.807, 2.05) is 42.5 Å². The summed E-state index contributed by atoms with van der Waals surface area (Å²) in [5.74, 6) is 0.875. The normalized spacial score (nSPS) is 9.94. The molecule has 2 aromatic carbocycles. The molecule has 0 aliphatic carbocycles. The van der Waals surface area contributed by atoms with Gasteiger partial charge in [-0.05, 0) is 17.7 Å². The molecule has 1 N–H and O–H groups in total. The van der Waals surface area contributed by atoms with Gasteiger partial charge in [0.2, 0.25) is 0 Å². The van der Waals surface area contributed by atoms with Crippen LogP contribution in [0.2, 0.25) is 0 Å². The molecule has 0 fully saturated rings. The number of benzene rings is 2. The summed E-state index contributed by atoms with van der Waals surface area (Å²) in [4.78, 5) is 0. The Labute approximate surface area is 110 Å². The molecule has 0 bridgehead atoms. The Balaban J connectivity index is 1.97. The van der Waals surface area contributed by atoms with Crippen molar-refractivity contribution >= 4 is 21.6 Å². The summed E-state index contributed by atoms with van der Waals surface area (Å²) in [6.07, 6.45) is 0. The fourth-order valence-electron chi connectivity index (χ4n) is 1.51. The molecule has 0 amide bonds. The first-order valence-electron chi connectivity index (χ1n) is 5.45. The second-order valence-electron chi connectivity index (χ2n) is 3.61. The Bertz CT molecular complexity index is 459. The number of alkyl halides is 1. The van der Waals surface area contributed by atoms with Crippen LogP contribution in [-0.4, -0.2) is 5.45 Å². The molecule has 0 saturated heterocycles. The quantitative estimate of drug-likeness (QED) is 0.663. The lowest BCUT2D eigenvalue weighted by Crippen LogP contribution is -1.97. The highest BCUT2D eigenvalue weighted by Gasteiger charge is 1.97. The zero-order valence-corrected chi connectivity index (χ0v) is 11.0. The lowest BCUT2D eigenvalue weighted by atomic mass is 10.2. The van der Waals surface area contributed by atoms with E-state index in [-0.39, 0.29) is 0 Å². The highest BCUT2D eigenvalue weighted by molar-refractivity contribution is 9.09. The first-order valence-corrected chi connectivity index (χ1v) is 6.57. The third-order valence-corrected chi connectivity index (χ3v) is 2.63. The molecular weight excluding hydrogens is 278 g/mol. The number of ether oxygens (including phenoxy) is 1. The average molecular weight is 292 g/mol. The molecule has 0 radical (unpaired) electrons. The second-order valence-corrected chi connectivity index (χ2v) is 4.17. The highest BCUT2D eigenvalue weighted by Crippen LogP contribution is 2.18.